The first-order valence-corrected chi connectivity index (χ1v) is 9.22. The van der Waals surface area contributed by atoms with Crippen LogP contribution in [-0.4, -0.2) is 58.2 Å². The lowest BCUT2D eigenvalue weighted by atomic mass is 10.1. The first kappa shape index (κ1) is 17.7. The van der Waals surface area contributed by atoms with E-state index in [-0.39, 0.29) is 36.4 Å². The van der Waals surface area contributed by atoms with E-state index in [0.29, 0.717) is 24.6 Å². The summed E-state index contributed by atoms with van der Waals surface area (Å²) in [5.41, 5.74) is 0.919. The van der Waals surface area contributed by atoms with Gasteiger partial charge in [-0.25, -0.2) is 4.98 Å². The molecule has 2 aromatic rings. The van der Waals surface area contributed by atoms with Gasteiger partial charge < -0.3 is 15.0 Å². The van der Waals surface area contributed by atoms with E-state index < -0.39 is 0 Å². The predicted molar refractivity (Wildman–Crippen MR) is 97.4 cm³/mol. The minimum atomic E-state index is -0.212. The third-order valence-corrected chi connectivity index (χ3v) is 5.00. The lowest BCUT2D eigenvalue weighted by Crippen LogP contribution is -2.40. The van der Waals surface area contributed by atoms with Crippen molar-refractivity contribution in [1.82, 2.24) is 25.4 Å². The second-order valence-corrected chi connectivity index (χ2v) is 7.12. The molecule has 0 spiro atoms. The number of carbonyl (C=O) groups excluding carboxylic acids is 2. The van der Waals surface area contributed by atoms with Gasteiger partial charge in [0.05, 0.1) is 6.04 Å². The zero-order chi connectivity index (χ0) is 18.8. The zero-order valence-corrected chi connectivity index (χ0v) is 15.2. The molecule has 8 nitrogen and oxygen atoms in total. The molecular formula is C19H23N5O3. The number of ether oxygens (including phenoxy) is 1. The van der Waals surface area contributed by atoms with Gasteiger partial charge in [-0.05, 0) is 19.3 Å². The molecule has 8 heteroatoms. The molecule has 0 bridgehead atoms. The molecule has 1 aliphatic heterocycles. The number of nitrogens with one attached hydrogen (secondary N) is 2. The van der Waals surface area contributed by atoms with Crippen molar-refractivity contribution < 1.29 is 14.3 Å². The fourth-order valence-electron chi connectivity index (χ4n) is 3.55. The predicted octanol–water partition coefficient (Wildman–Crippen LogP) is 1.29. The van der Waals surface area contributed by atoms with Crippen molar-refractivity contribution in [2.75, 3.05) is 20.3 Å². The summed E-state index contributed by atoms with van der Waals surface area (Å²) in [6.07, 6.45) is 2.49. The van der Waals surface area contributed by atoms with Crippen LogP contribution >= 0.6 is 0 Å². The quantitative estimate of drug-likeness (QED) is 0.799. The maximum Gasteiger partial charge on any atom is 0.246 e. The summed E-state index contributed by atoms with van der Waals surface area (Å²) >= 11 is 0. The van der Waals surface area contributed by atoms with Gasteiger partial charge in [0.25, 0.3) is 0 Å². The highest BCUT2D eigenvalue weighted by Gasteiger charge is 2.43. The molecule has 142 valence electrons. The van der Waals surface area contributed by atoms with Gasteiger partial charge >= 0.3 is 0 Å². The number of aromatic amines is 1. The van der Waals surface area contributed by atoms with Gasteiger partial charge in [0.2, 0.25) is 11.8 Å². The van der Waals surface area contributed by atoms with Crippen LogP contribution in [0.15, 0.2) is 30.3 Å². The van der Waals surface area contributed by atoms with E-state index in [1.807, 2.05) is 35.2 Å². The zero-order valence-electron chi connectivity index (χ0n) is 15.2. The third kappa shape index (κ3) is 3.85. The lowest BCUT2D eigenvalue weighted by molar-refractivity contribution is -0.134. The number of likely N-dealkylation sites (tertiary alicyclic amines) is 1. The van der Waals surface area contributed by atoms with Gasteiger partial charge in [0, 0.05) is 31.2 Å². The van der Waals surface area contributed by atoms with Gasteiger partial charge in [-0.1, -0.05) is 30.3 Å². The van der Waals surface area contributed by atoms with E-state index in [1.165, 1.54) is 7.11 Å². The van der Waals surface area contributed by atoms with Crippen LogP contribution < -0.4 is 5.32 Å². The molecule has 1 saturated heterocycles. The minimum Gasteiger partial charge on any atom is -0.375 e. The van der Waals surface area contributed by atoms with E-state index in [9.17, 15) is 9.59 Å². The second-order valence-electron chi connectivity index (χ2n) is 7.12. The van der Waals surface area contributed by atoms with Crippen molar-refractivity contribution in [3.05, 3.63) is 36.2 Å². The Morgan fingerprint density at radius 3 is 2.78 bits per heavy atom. The maximum absolute atomic E-state index is 12.8. The number of rotatable bonds is 6. The van der Waals surface area contributed by atoms with E-state index >= 15 is 0 Å². The van der Waals surface area contributed by atoms with E-state index in [4.69, 9.17) is 4.74 Å². The summed E-state index contributed by atoms with van der Waals surface area (Å²) in [7, 11) is 1.49. The summed E-state index contributed by atoms with van der Waals surface area (Å²) in [5.74, 6) is 1.34. The van der Waals surface area contributed by atoms with Crippen molar-refractivity contribution in [3.8, 4) is 11.4 Å². The van der Waals surface area contributed by atoms with Crippen molar-refractivity contribution in [2.45, 2.75) is 31.3 Å². The lowest BCUT2D eigenvalue weighted by Gasteiger charge is -2.22. The molecule has 1 aliphatic carbocycles. The topological polar surface area (TPSA) is 100 Å². The number of carbonyl (C=O) groups is 2. The minimum absolute atomic E-state index is 0.0121. The van der Waals surface area contributed by atoms with E-state index in [0.717, 1.165) is 18.4 Å². The fourth-order valence-corrected chi connectivity index (χ4v) is 3.55. The monoisotopic (exact) mass is 369 g/mol. The van der Waals surface area contributed by atoms with Gasteiger partial charge in [-0.15, -0.1) is 0 Å². The molecule has 2 amide bonds. The molecule has 4 rings (SSSR count). The van der Waals surface area contributed by atoms with Crippen molar-refractivity contribution in [1.29, 1.82) is 0 Å². The normalized spacial score (nSPS) is 22.0. The van der Waals surface area contributed by atoms with Crippen LogP contribution in [0.4, 0.5) is 0 Å². The SMILES string of the molecule is COCC(=O)N[C@H]1C[C@@H](c2nc(-c3ccccc3)n[nH]2)N(C(=O)C2CC2)C1. The highest BCUT2D eigenvalue weighted by molar-refractivity contribution is 5.82. The molecule has 1 aromatic heterocycles. The Bertz CT molecular complexity index is 818. The number of hydrogen-bond acceptors (Lipinski definition) is 5. The van der Waals surface area contributed by atoms with Gasteiger partial charge in [0.15, 0.2) is 5.82 Å². The van der Waals surface area contributed by atoms with Crippen molar-refractivity contribution in [2.24, 2.45) is 5.92 Å². The Morgan fingerprint density at radius 2 is 2.07 bits per heavy atom. The van der Waals surface area contributed by atoms with Crippen LogP contribution in [0.1, 0.15) is 31.1 Å². The highest BCUT2D eigenvalue weighted by atomic mass is 16.5. The molecule has 27 heavy (non-hydrogen) atoms. The van der Waals surface area contributed by atoms with Crippen LogP contribution in [-0.2, 0) is 14.3 Å². The first-order valence-electron chi connectivity index (χ1n) is 9.22. The fraction of sp³-hybridized carbons (Fsp3) is 0.474. The van der Waals surface area contributed by atoms with Gasteiger partial charge in [-0.2, -0.15) is 5.10 Å². The molecular weight excluding hydrogens is 346 g/mol. The number of aromatic nitrogens is 3. The Labute approximate surface area is 157 Å². The molecule has 1 aromatic carbocycles. The number of H-pyrrole nitrogens is 1. The summed E-state index contributed by atoms with van der Waals surface area (Å²) < 4.78 is 4.88. The maximum atomic E-state index is 12.8. The molecule has 2 heterocycles. The number of nitrogens with zero attached hydrogens (tertiary/aromatic N) is 3. The Hall–Kier alpha value is -2.74. The van der Waals surface area contributed by atoms with Crippen LogP contribution in [0, 0.1) is 5.92 Å². The third-order valence-electron chi connectivity index (χ3n) is 5.00. The standard InChI is InChI=1S/C19H23N5O3/c1-27-11-16(25)20-14-9-15(24(10-14)19(26)13-7-8-13)18-21-17(22-23-18)12-5-3-2-4-6-12/h2-6,13-15H,7-11H2,1H3,(H,20,25)(H,21,22,23)/t14-,15-/m0/s1. The second kappa shape index (κ2) is 7.48. The molecule has 0 unspecified atom stereocenters. The first-order chi connectivity index (χ1) is 13.2. The van der Waals surface area contributed by atoms with Gasteiger partial charge in [-0.3, -0.25) is 14.7 Å². The molecule has 1 saturated carbocycles. The number of hydrogen-bond donors (Lipinski definition) is 2. The molecule has 2 aliphatic rings. The van der Waals surface area contributed by atoms with Crippen LogP contribution in [0.5, 0.6) is 0 Å². The summed E-state index contributed by atoms with van der Waals surface area (Å²) in [6.45, 7) is 0.495. The number of methoxy groups -OCH3 is 1. The van der Waals surface area contributed by atoms with Crippen LogP contribution in [0.3, 0.4) is 0 Å². The van der Waals surface area contributed by atoms with Crippen molar-refractivity contribution >= 4 is 11.8 Å². The molecule has 2 N–H and O–H groups in total. The summed E-state index contributed by atoms with van der Waals surface area (Å²) in [4.78, 5) is 31.1. The Morgan fingerprint density at radius 1 is 1.30 bits per heavy atom. The average Bonchev–Trinajstić information content (AvgIpc) is 3.26. The van der Waals surface area contributed by atoms with Crippen LogP contribution in [0.25, 0.3) is 11.4 Å². The Kier molecular flexibility index (Phi) is 4.89. The smallest absolute Gasteiger partial charge is 0.246 e. The van der Waals surface area contributed by atoms with Crippen molar-refractivity contribution in [3.63, 3.8) is 0 Å². The van der Waals surface area contributed by atoms with E-state index in [1.54, 1.807) is 0 Å². The highest BCUT2D eigenvalue weighted by Crippen LogP contribution is 2.38. The van der Waals surface area contributed by atoms with Crippen LogP contribution in [0.2, 0.25) is 0 Å². The molecule has 2 fully saturated rings. The number of benzene rings is 1. The average molecular weight is 369 g/mol. The van der Waals surface area contributed by atoms with Gasteiger partial charge in [0.1, 0.15) is 12.4 Å². The Balaban J connectivity index is 1.54. The summed E-state index contributed by atoms with van der Waals surface area (Å²) in [6, 6.07) is 9.38. The molecule has 0 radical (unpaired) electrons. The number of amides is 2. The van der Waals surface area contributed by atoms with E-state index in [2.05, 4.69) is 20.5 Å². The summed E-state index contributed by atoms with van der Waals surface area (Å²) in [5, 5.41) is 10.3. The molecule has 2 atom stereocenters. The largest absolute Gasteiger partial charge is 0.375 e.